The molecule has 1 saturated heterocycles. The fourth-order valence-electron chi connectivity index (χ4n) is 4.21. The second-order valence-electron chi connectivity index (χ2n) is 9.26. The number of carbonyl (C=O) groups is 1. The summed E-state index contributed by atoms with van der Waals surface area (Å²) < 4.78 is 12.7. The summed E-state index contributed by atoms with van der Waals surface area (Å²) in [4.78, 5) is 22.9. The van der Waals surface area contributed by atoms with Gasteiger partial charge in [0.25, 0.3) is 5.91 Å². The first-order valence-electron chi connectivity index (χ1n) is 11.7. The molecule has 1 amide bonds. The molecule has 8 heteroatoms. The zero-order valence-corrected chi connectivity index (χ0v) is 21.8. The molecule has 0 unspecified atom stereocenters. The van der Waals surface area contributed by atoms with Gasteiger partial charge in [0.1, 0.15) is 5.75 Å². The molecule has 3 aromatic rings. The van der Waals surface area contributed by atoms with Crippen molar-refractivity contribution < 1.29 is 14.3 Å². The van der Waals surface area contributed by atoms with Crippen LogP contribution < -0.4 is 9.64 Å². The molecule has 1 fully saturated rings. The highest BCUT2D eigenvalue weighted by molar-refractivity contribution is 7.22. The molecule has 1 aromatic heterocycles. The number of thiazole rings is 1. The topological polar surface area (TPSA) is 54.9 Å². The Morgan fingerprint density at radius 1 is 1.21 bits per heavy atom. The minimum Gasteiger partial charge on any atom is -0.478 e. The minimum absolute atomic E-state index is 0.113. The van der Waals surface area contributed by atoms with Gasteiger partial charge in [-0.2, -0.15) is 0 Å². The van der Waals surface area contributed by atoms with E-state index >= 15 is 0 Å². The molecule has 1 aliphatic heterocycles. The third-order valence-electron chi connectivity index (χ3n) is 5.95. The number of amides is 1. The molecule has 2 aromatic carbocycles. The molecule has 182 valence electrons. The highest BCUT2D eigenvalue weighted by atomic mass is 35.5. The number of benzene rings is 2. The molecule has 6 nitrogen and oxygen atoms in total. The predicted octanol–water partition coefficient (Wildman–Crippen LogP) is 5.48. The van der Waals surface area contributed by atoms with Crippen LogP contribution in [0.15, 0.2) is 36.4 Å². The zero-order chi connectivity index (χ0) is 24.3. The average molecular weight is 502 g/mol. The van der Waals surface area contributed by atoms with Gasteiger partial charge in [0.2, 0.25) is 0 Å². The van der Waals surface area contributed by atoms with E-state index in [9.17, 15) is 4.79 Å². The summed E-state index contributed by atoms with van der Waals surface area (Å²) in [6, 6.07) is 11.3. The number of halogens is 1. The monoisotopic (exact) mass is 501 g/mol. The summed E-state index contributed by atoms with van der Waals surface area (Å²) in [5.41, 5.74) is 2.20. The van der Waals surface area contributed by atoms with Crippen LogP contribution in [0.25, 0.3) is 10.2 Å². The molecule has 0 aliphatic carbocycles. The van der Waals surface area contributed by atoms with E-state index in [0.29, 0.717) is 22.4 Å². The molecule has 2 heterocycles. The molecular formula is C26H32ClN3O3S. The van der Waals surface area contributed by atoms with Crippen molar-refractivity contribution in [2.24, 2.45) is 0 Å². The highest BCUT2D eigenvalue weighted by Gasteiger charge is 2.36. The SMILES string of the molecule is Cc1cc(C)c2sc(N(CCCN3CCOCC3)C(=O)C(C)(C)Oc3ccc(Cl)cc3)nc2c1. The van der Waals surface area contributed by atoms with Crippen molar-refractivity contribution in [3.63, 3.8) is 0 Å². The average Bonchev–Trinajstić information content (AvgIpc) is 3.22. The van der Waals surface area contributed by atoms with E-state index in [2.05, 4.69) is 30.9 Å². The lowest BCUT2D eigenvalue weighted by atomic mass is 10.1. The standard InChI is InChI=1S/C26H32ClN3O3S/c1-18-16-19(2)23-22(17-18)28-25(34-23)30(11-5-10-29-12-14-32-15-13-29)24(31)26(3,4)33-21-8-6-20(27)7-9-21/h6-9,16-17H,5,10-15H2,1-4H3. The number of hydrogen-bond donors (Lipinski definition) is 0. The quantitative estimate of drug-likeness (QED) is 0.409. The van der Waals surface area contributed by atoms with E-state index in [1.165, 1.54) is 11.1 Å². The Labute approximate surface area is 210 Å². The van der Waals surface area contributed by atoms with E-state index in [-0.39, 0.29) is 5.91 Å². The Balaban J connectivity index is 1.58. The lowest BCUT2D eigenvalue weighted by molar-refractivity contribution is -0.131. The summed E-state index contributed by atoms with van der Waals surface area (Å²) in [6.07, 6.45) is 0.844. The first-order chi connectivity index (χ1) is 16.2. The Morgan fingerprint density at radius 2 is 1.91 bits per heavy atom. The smallest absolute Gasteiger partial charge is 0.272 e. The normalized spacial score (nSPS) is 15.0. The van der Waals surface area contributed by atoms with E-state index in [1.54, 1.807) is 40.5 Å². The van der Waals surface area contributed by atoms with Crippen LogP contribution in [0.1, 0.15) is 31.4 Å². The molecule has 0 spiro atoms. The summed E-state index contributed by atoms with van der Waals surface area (Å²) in [6.45, 7) is 12.6. The van der Waals surface area contributed by atoms with Crippen molar-refractivity contribution in [3.8, 4) is 5.75 Å². The maximum absolute atomic E-state index is 13.9. The second kappa shape index (κ2) is 10.6. The summed E-state index contributed by atoms with van der Waals surface area (Å²) in [5.74, 6) is 0.490. The summed E-state index contributed by atoms with van der Waals surface area (Å²) >= 11 is 7.58. The lowest BCUT2D eigenvalue weighted by Gasteiger charge is -2.32. The van der Waals surface area contributed by atoms with Crippen molar-refractivity contribution in [2.75, 3.05) is 44.3 Å². The van der Waals surface area contributed by atoms with Crippen LogP contribution in [0.4, 0.5) is 5.13 Å². The number of carbonyl (C=O) groups excluding carboxylic acids is 1. The fraction of sp³-hybridized carbons (Fsp3) is 0.462. The van der Waals surface area contributed by atoms with Gasteiger partial charge in [-0.25, -0.2) is 4.98 Å². The zero-order valence-electron chi connectivity index (χ0n) is 20.3. The van der Waals surface area contributed by atoms with Gasteiger partial charge < -0.3 is 9.47 Å². The fourth-order valence-corrected chi connectivity index (χ4v) is 5.37. The molecule has 0 atom stereocenters. The molecule has 0 saturated carbocycles. The van der Waals surface area contributed by atoms with Crippen LogP contribution in [0.2, 0.25) is 5.02 Å². The Bertz CT molecular complexity index is 1140. The maximum Gasteiger partial charge on any atom is 0.272 e. The van der Waals surface area contributed by atoms with E-state index in [4.69, 9.17) is 26.1 Å². The number of morpholine rings is 1. The summed E-state index contributed by atoms with van der Waals surface area (Å²) in [5, 5.41) is 1.34. The second-order valence-corrected chi connectivity index (χ2v) is 10.7. The Kier molecular flexibility index (Phi) is 7.77. The highest BCUT2D eigenvalue weighted by Crippen LogP contribution is 2.34. The van der Waals surface area contributed by atoms with Crippen LogP contribution >= 0.6 is 22.9 Å². The van der Waals surface area contributed by atoms with Crippen molar-refractivity contribution in [2.45, 2.75) is 39.7 Å². The number of ether oxygens (including phenoxy) is 2. The van der Waals surface area contributed by atoms with Gasteiger partial charge in [0, 0.05) is 31.2 Å². The molecule has 0 N–H and O–H groups in total. The van der Waals surface area contributed by atoms with Crippen molar-refractivity contribution in [1.82, 2.24) is 9.88 Å². The van der Waals surface area contributed by atoms with E-state index in [0.717, 1.165) is 49.5 Å². The van der Waals surface area contributed by atoms with Gasteiger partial charge in [-0.05, 0) is 75.6 Å². The Morgan fingerprint density at radius 3 is 2.62 bits per heavy atom. The van der Waals surface area contributed by atoms with Crippen LogP contribution in [0, 0.1) is 13.8 Å². The third-order valence-corrected chi connectivity index (χ3v) is 7.43. The van der Waals surface area contributed by atoms with Gasteiger partial charge >= 0.3 is 0 Å². The first-order valence-corrected chi connectivity index (χ1v) is 12.9. The van der Waals surface area contributed by atoms with E-state index in [1.807, 2.05) is 13.8 Å². The first kappa shape index (κ1) is 24.9. The molecule has 34 heavy (non-hydrogen) atoms. The third kappa shape index (κ3) is 5.89. The molecular weight excluding hydrogens is 470 g/mol. The molecule has 4 rings (SSSR count). The lowest BCUT2D eigenvalue weighted by Crippen LogP contribution is -2.50. The number of anilines is 1. The van der Waals surface area contributed by atoms with Crippen LogP contribution in [0.5, 0.6) is 5.75 Å². The number of aryl methyl sites for hydroxylation is 2. The number of nitrogens with zero attached hydrogens (tertiary/aromatic N) is 3. The van der Waals surface area contributed by atoms with Crippen molar-refractivity contribution in [3.05, 3.63) is 52.5 Å². The maximum atomic E-state index is 13.9. The minimum atomic E-state index is -1.07. The number of rotatable bonds is 8. The summed E-state index contributed by atoms with van der Waals surface area (Å²) in [7, 11) is 0. The van der Waals surface area contributed by atoms with Gasteiger partial charge in [-0.3, -0.25) is 14.6 Å². The van der Waals surface area contributed by atoms with Crippen LogP contribution in [-0.2, 0) is 9.53 Å². The number of hydrogen-bond acceptors (Lipinski definition) is 6. The van der Waals surface area contributed by atoms with E-state index < -0.39 is 5.60 Å². The van der Waals surface area contributed by atoms with Gasteiger partial charge in [0.05, 0.1) is 23.4 Å². The largest absolute Gasteiger partial charge is 0.478 e. The Hall–Kier alpha value is -2.19. The van der Waals surface area contributed by atoms with Crippen LogP contribution in [0.3, 0.4) is 0 Å². The van der Waals surface area contributed by atoms with Gasteiger partial charge in [0.15, 0.2) is 10.7 Å². The van der Waals surface area contributed by atoms with Crippen LogP contribution in [-0.4, -0.2) is 60.8 Å². The molecule has 0 radical (unpaired) electrons. The van der Waals surface area contributed by atoms with Crippen molar-refractivity contribution >= 4 is 44.2 Å². The van der Waals surface area contributed by atoms with Gasteiger partial charge in [-0.15, -0.1) is 0 Å². The van der Waals surface area contributed by atoms with Crippen molar-refractivity contribution in [1.29, 1.82) is 0 Å². The molecule has 0 bridgehead atoms. The number of aromatic nitrogens is 1. The predicted molar refractivity (Wildman–Crippen MR) is 139 cm³/mol. The molecule has 1 aliphatic rings. The van der Waals surface area contributed by atoms with Gasteiger partial charge in [-0.1, -0.05) is 29.0 Å². The number of fused-ring (bicyclic) bond motifs is 1.